The minimum atomic E-state index is -2.48. The largest absolute Gasteiger partial charge is 0.497 e. The fourth-order valence-electron chi connectivity index (χ4n) is 9.09. The third kappa shape index (κ3) is 6.45. The van der Waals surface area contributed by atoms with Crippen LogP contribution in [-0.2, 0) is 31.3 Å². The summed E-state index contributed by atoms with van der Waals surface area (Å²) in [6.45, 7) is 7.47. The van der Waals surface area contributed by atoms with Gasteiger partial charge in [0.15, 0.2) is 5.60 Å². The molecule has 0 radical (unpaired) electrons. The number of benzene rings is 4. The monoisotopic (exact) mass is 751 g/mol. The quantitative estimate of drug-likeness (QED) is 0.134. The minimum absolute atomic E-state index is 0.0612. The lowest BCUT2D eigenvalue weighted by Gasteiger charge is -2.37. The first-order chi connectivity index (χ1) is 25.5. The third-order valence-electron chi connectivity index (χ3n) is 11.8. The summed E-state index contributed by atoms with van der Waals surface area (Å²) < 4.78 is 12.6. The molecule has 3 aliphatic heterocycles. The predicted molar refractivity (Wildman–Crippen MR) is 210 cm³/mol. The number of nitrogens with zero attached hydrogens (tertiary/aromatic N) is 3. The molecule has 2 saturated heterocycles. The van der Waals surface area contributed by atoms with E-state index >= 15 is 4.79 Å². The molecular weight excluding hydrogens is 706 g/mol. The van der Waals surface area contributed by atoms with Gasteiger partial charge in [0, 0.05) is 34.4 Å². The number of hydrogen-bond acceptors (Lipinski definition) is 6. The van der Waals surface area contributed by atoms with Crippen LogP contribution in [0.2, 0.25) is 23.7 Å². The molecule has 7 rings (SSSR count). The van der Waals surface area contributed by atoms with Crippen molar-refractivity contribution in [3.63, 3.8) is 0 Å². The van der Waals surface area contributed by atoms with Crippen molar-refractivity contribution in [2.45, 2.75) is 69.1 Å². The van der Waals surface area contributed by atoms with Crippen molar-refractivity contribution in [3.05, 3.63) is 113 Å². The first-order valence-corrected chi connectivity index (χ1v) is 21.7. The molecule has 3 aliphatic rings. The van der Waals surface area contributed by atoms with Gasteiger partial charge < -0.3 is 24.4 Å². The molecule has 4 aromatic carbocycles. The molecule has 0 unspecified atom stereocenters. The van der Waals surface area contributed by atoms with Gasteiger partial charge in [-0.15, -0.1) is 0 Å². The fraction of sp³-hybridized carbons (Fsp3) is 0.357. The second kappa shape index (κ2) is 14.7. The number of aliphatic hydroxyl groups is 1. The Bertz CT molecular complexity index is 1980. The lowest BCUT2D eigenvalue weighted by atomic mass is 9.82. The maximum Gasteiger partial charge on any atom is 0.264 e. The van der Waals surface area contributed by atoms with Gasteiger partial charge in [0.25, 0.3) is 5.91 Å². The lowest BCUT2D eigenvalue weighted by molar-refractivity contribution is -0.150. The Kier molecular flexibility index (Phi) is 10.3. The predicted octanol–water partition coefficient (Wildman–Crippen LogP) is 6.78. The highest BCUT2D eigenvalue weighted by Gasteiger charge is 2.66. The molecule has 5 atom stereocenters. The molecule has 3 heterocycles. The zero-order valence-electron chi connectivity index (χ0n) is 30.6. The number of rotatable bonds is 11. The van der Waals surface area contributed by atoms with Crippen molar-refractivity contribution >= 4 is 60.1 Å². The number of anilines is 3. The summed E-state index contributed by atoms with van der Waals surface area (Å²) in [5.74, 6) is 0.215. The second-order valence-corrected chi connectivity index (χ2v) is 20.1. The summed E-state index contributed by atoms with van der Waals surface area (Å²) in [5, 5.41) is 11.7. The van der Waals surface area contributed by atoms with Crippen LogP contribution in [0.1, 0.15) is 37.3 Å². The smallest absolute Gasteiger partial charge is 0.264 e. The van der Waals surface area contributed by atoms with E-state index in [1.807, 2.05) is 78.9 Å². The molecule has 53 heavy (non-hydrogen) atoms. The maximum atomic E-state index is 15.2. The first kappa shape index (κ1) is 36.9. The van der Waals surface area contributed by atoms with E-state index < -0.39 is 19.8 Å². The first-order valence-electron chi connectivity index (χ1n) is 18.3. The minimum Gasteiger partial charge on any atom is -0.497 e. The Morgan fingerprint density at radius 2 is 1.74 bits per heavy atom. The summed E-state index contributed by atoms with van der Waals surface area (Å²) in [6, 6.07) is 30.5. The molecule has 2 fully saturated rings. The van der Waals surface area contributed by atoms with Crippen molar-refractivity contribution in [3.8, 4) is 5.75 Å². The maximum absolute atomic E-state index is 15.2. The highest BCUT2D eigenvalue weighted by Crippen LogP contribution is 2.60. The zero-order chi connectivity index (χ0) is 37.5. The van der Waals surface area contributed by atoms with Gasteiger partial charge >= 0.3 is 0 Å². The number of hydrogen-bond donors (Lipinski definition) is 1. The van der Waals surface area contributed by atoms with E-state index in [1.165, 1.54) is 5.19 Å². The normalized spacial score (nSPS) is 23.8. The average Bonchev–Trinajstić information content (AvgIpc) is 3.83. The Hall–Kier alpha value is -4.48. The van der Waals surface area contributed by atoms with Crippen LogP contribution >= 0.6 is 11.6 Å². The fourth-order valence-corrected chi connectivity index (χ4v) is 13.3. The number of methoxy groups -OCH3 is 1. The van der Waals surface area contributed by atoms with Crippen LogP contribution in [0.4, 0.5) is 17.1 Å². The van der Waals surface area contributed by atoms with Gasteiger partial charge in [-0.05, 0) is 78.5 Å². The Morgan fingerprint density at radius 3 is 2.40 bits per heavy atom. The number of carbonyl (C=O) groups is 3. The van der Waals surface area contributed by atoms with Crippen molar-refractivity contribution in [1.82, 2.24) is 4.90 Å². The molecule has 0 bridgehead atoms. The van der Waals surface area contributed by atoms with Crippen LogP contribution < -0.4 is 19.7 Å². The zero-order valence-corrected chi connectivity index (χ0v) is 32.3. The Labute approximate surface area is 317 Å². The molecule has 0 aromatic heterocycles. The number of ether oxygens (including phenoxy) is 2. The highest BCUT2D eigenvalue weighted by molar-refractivity contribution is 6.91. The van der Waals surface area contributed by atoms with Crippen LogP contribution in [0.15, 0.2) is 97.1 Å². The lowest BCUT2D eigenvalue weighted by Crippen LogP contribution is -2.52. The van der Waals surface area contributed by atoms with E-state index in [9.17, 15) is 14.7 Å². The van der Waals surface area contributed by atoms with E-state index in [0.717, 1.165) is 41.9 Å². The number of amides is 3. The van der Waals surface area contributed by atoms with Gasteiger partial charge in [-0.3, -0.25) is 19.3 Å². The topological polar surface area (TPSA) is 99.6 Å². The molecule has 276 valence electrons. The van der Waals surface area contributed by atoms with E-state index in [1.54, 1.807) is 27.9 Å². The van der Waals surface area contributed by atoms with Crippen molar-refractivity contribution in [2.75, 3.05) is 30.1 Å². The van der Waals surface area contributed by atoms with E-state index in [0.29, 0.717) is 22.8 Å². The molecular formula is C42H46ClN3O6Si. The SMILES string of the molecule is COc1ccc([Si](C)(C)[C@H]2[C@H](CC(=O)N3CCC[C@H]3CO)O[C@@]3(C(=O)N(Cc4ccc(N(C=O)c5ccccc5)cc4)c4ccc(Cl)cc43)[C@@H]2C)cc1. The summed E-state index contributed by atoms with van der Waals surface area (Å²) in [7, 11) is -0.835. The number of aliphatic hydroxyl groups excluding tert-OH is 1. The van der Waals surface area contributed by atoms with Gasteiger partial charge in [-0.2, -0.15) is 0 Å². The second-order valence-electron chi connectivity index (χ2n) is 15.0. The molecule has 0 saturated carbocycles. The third-order valence-corrected chi connectivity index (χ3v) is 16.4. The van der Waals surface area contributed by atoms with Gasteiger partial charge in [0.1, 0.15) is 5.75 Å². The highest BCUT2D eigenvalue weighted by atomic mass is 35.5. The molecule has 4 aromatic rings. The Balaban J connectivity index is 1.25. The summed E-state index contributed by atoms with van der Waals surface area (Å²) >= 11 is 6.68. The van der Waals surface area contributed by atoms with Gasteiger partial charge in [0.2, 0.25) is 12.3 Å². The van der Waals surface area contributed by atoms with Gasteiger partial charge in [-0.1, -0.05) is 79.3 Å². The van der Waals surface area contributed by atoms with Crippen LogP contribution in [0.25, 0.3) is 0 Å². The molecule has 3 amide bonds. The van der Waals surface area contributed by atoms with Crippen LogP contribution in [-0.4, -0.2) is 68.7 Å². The number of para-hydroxylation sites is 1. The van der Waals surface area contributed by atoms with Crippen LogP contribution in [0, 0.1) is 5.92 Å². The van der Waals surface area contributed by atoms with Crippen LogP contribution in [0.3, 0.4) is 0 Å². The average molecular weight is 752 g/mol. The number of likely N-dealkylation sites (tertiary alicyclic amines) is 1. The van der Waals surface area contributed by atoms with E-state index in [-0.39, 0.29) is 48.9 Å². The molecule has 11 heteroatoms. The van der Waals surface area contributed by atoms with Crippen molar-refractivity contribution in [2.24, 2.45) is 5.92 Å². The molecule has 0 aliphatic carbocycles. The van der Waals surface area contributed by atoms with Crippen LogP contribution in [0.5, 0.6) is 5.75 Å². The number of fused-ring (bicyclic) bond motifs is 2. The summed E-state index contributed by atoms with van der Waals surface area (Å²) in [5.41, 5.74) is 2.29. The number of carbonyl (C=O) groups excluding carboxylic acids is 3. The number of halogens is 1. The summed E-state index contributed by atoms with van der Waals surface area (Å²) in [6.07, 6.45) is 1.96. The van der Waals surface area contributed by atoms with Crippen molar-refractivity contribution < 1.29 is 29.0 Å². The molecule has 1 spiro atoms. The summed E-state index contributed by atoms with van der Waals surface area (Å²) in [4.78, 5) is 46.4. The van der Waals surface area contributed by atoms with Crippen molar-refractivity contribution in [1.29, 1.82) is 0 Å². The van der Waals surface area contributed by atoms with Gasteiger partial charge in [-0.25, -0.2) is 0 Å². The van der Waals surface area contributed by atoms with Gasteiger partial charge in [0.05, 0.1) is 52.6 Å². The van der Waals surface area contributed by atoms with E-state index in [4.69, 9.17) is 21.1 Å². The molecule has 1 N–H and O–H groups in total. The standard InChI is InChI=1S/C42H46ClN3O6Si/c1-28-40(53(3,4)35-19-17-34(51-2)18-20-35)38(24-39(49)44-22-8-11-33(44)26-47)52-42(28)36-23-30(43)14-21-37(36)45(41(42)50)25-29-12-15-32(16-13-29)46(27-48)31-9-6-5-7-10-31/h5-7,9-10,12-21,23,27-28,33,38,40,47H,8,11,22,24-26H2,1-4H3/t28-,33+,38+,40-,42+/m1/s1. The molecule has 9 nitrogen and oxygen atoms in total. The Morgan fingerprint density at radius 1 is 1.04 bits per heavy atom. The van der Waals surface area contributed by atoms with E-state index in [2.05, 4.69) is 32.2 Å².